The second-order valence-corrected chi connectivity index (χ2v) is 6.51. The lowest BCUT2D eigenvalue weighted by Crippen LogP contribution is -2.23. The molecule has 3 aromatic rings. The van der Waals surface area contributed by atoms with E-state index in [9.17, 15) is 4.79 Å². The van der Waals surface area contributed by atoms with Crippen molar-refractivity contribution in [3.63, 3.8) is 0 Å². The minimum atomic E-state index is 0.0485. The Labute approximate surface area is 145 Å². The minimum Gasteiger partial charge on any atom is -0.352 e. The first-order chi connectivity index (χ1) is 11.7. The van der Waals surface area contributed by atoms with Crippen molar-refractivity contribution in [1.29, 1.82) is 0 Å². The smallest absolute Gasteiger partial charge is 0.220 e. The van der Waals surface area contributed by atoms with Gasteiger partial charge in [-0.05, 0) is 31.0 Å². The van der Waals surface area contributed by atoms with Gasteiger partial charge in [0.15, 0.2) is 0 Å². The fraction of sp³-hybridized carbons (Fsp3) is 0.211. The van der Waals surface area contributed by atoms with E-state index in [0.29, 0.717) is 19.4 Å². The summed E-state index contributed by atoms with van der Waals surface area (Å²) in [7, 11) is 0. The summed E-state index contributed by atoms with van der Waals surface area (Å²) < 4.78 is 0. The number of nitrogens with zero attached hydrogens (tertiary/aromatic N) is 2. The number of hydrogen-bond donors (Lipinski definition) is 1. The zero-order chi connectivity index (χ0) is 16.8. The number of carbonyl (C=O) groups is 1. The van der Waals surface area contributed by atoms with Crippen LogP contribution in [-0.4, -0.2) is 15.9 Å². The van der Waals surface area contributed by atoms with E-state index < -0.39 is 0 Å². The predicted octanol–water partition coefficient (Wildman–Crippen LogP) is 3.76. The number of amides is 1. The Kier molecular flexibility index (Phi) is 5.33. The van der Waals surface area contributed by atoms with E-state index in [2.05, 4.69) is 21.4 Å². The number of hydrogen-bond acceptors (Lipinski definition) is 4. The second kappa shape index (κ2) is 7.84. The minimum absolute atomic E-state index is 0.0485. The van der Waals surface area contributed by atoms with E-state index in [1.807, 2.05) is 42.6 Å². The third-order valence-corrected chi connectivity index (χ3v) is 4.58. The standard InChI is InChI=1S/C19H19N3OS/c1-14-4-2-5-15(10-14)11-21-18(23)8-7-17-13-24-19(22-17)16-6-3-9-20-12-16/h2-6,9-10,12-13H,7-8,11H2,1H3,(H,21,23). The quantitative estimate of drug-likeness (QED) is 0.745. The lowest BCUT2D eigenvalue weighted by molar-refractivity contribution is -0.121. The lowest BCUT2D eigenvalue weighted by Gasteiger charge is -2.05. The summed E-state index contributed by atoms with van der Waals surface area (Å²) in [5, 5.41) is 5.91. The van der Waals surface area contributed by atoms with Crippen LogP contribution in [0.3, 0.4) is 0 Å². The maximum absolute atomic E-state index is 12.0. The molecule has 4 nitrogen and oxygen atoms in total. The topological polar surface area (TPSA) is 54.9 Å². The van der Waals surface area contributed by atoms with Crippen LogP contribution in [0.4, 0.5) is 0 Å². The largest absolute Gasteiger partial charge is 0.352 e. The van der Waals surface area contributed by atoms with Crippen molar-refractivity contribution in [2.24, 2.45) is 0 Å². The van der Waals surface area contributed by atoms with Crippen LogP contribution in [0.2, 0.25) is 0 Å². The van der Waals surface area contributed by atoms with Crippen molar-refractivity contribution in [3.8, 4) is 10.6 Å². The zero-order valence-corrected chi connectivity index (χ0v) is 14.3. The molecule has 0 saturated heterocycles. The highest BCUT2D eigenvalue weighted by Crippen LogP contribution is 2.23. The fourth-order valence-electron chi connectivity index (χ4n) is 2.40. The first kappa shape index (κ1) is 16.3. The molecule has 0 fully saturated rings. The predicted molar refractivity (Wildman–Crippen MR) is 96.7 cm³/mol. The first-order valence-corrected chi connectivity index (χ1v) is 8.76. The molecule has 0 atom stereocenters. The summed E-state index contributed by atoms with van der Waals surface area (Å²) in [6.07, 6.45) is 4.65. The van der Waals surface area contributed by atoms with Gasteiger partial charge in [0.2, 0.25) is 5.91 Å². The molecule has 0 saturated carbocycles. The number of nitrogens with one attached hydrogen (secondary N) is 1. The molecule has 0 radical (unpaired) electrons. The molecule has 1 amide bonds. The molecule has 0 unspecified atom stereocenters. The van der Waals surface area contributed by atoms with Gasteiger partial charge < -0.3 is 5.32 Å². The summed E-state index contributed by atoms with van der Waals surface area (Å²) in [5.41, 5.74) is 4.28. The third kappa shape index (κ3) is 4.49. The van der Waals surface area contributed by atoms with E-state index in [0.717, 1.165) is 21.8 Å². The number of pyridine rings is 1. The Hall–Kier alpha value is -2.53. The molecule has 1 aromatic carbocycles. The summed E-state index contributed by atoms with van der Waals surface area (Å²) >= 11 is 1.58. The van der Waals surface area contributed by atoms with Gasteiger partial charge in [0.05, 0.1) is 5.69 Å². The molecule has 0 spiro atoms. The summed E-state index contributed by atoms with van der Waals surface area (Å²) in [5.74, 6) is 0.0485. The Balaban J connectivity index is 1.49. The van der Waals surface area contributed by atoms with Crippen LogP contribution in [0.25, 0.3) is 10.6 Å². The van der Waals surface area contributed by atoms with Gasteiger partial charge in [0.25, 0.3) is 0 Å². The maximum Gasteiger partial charge on any atom is 0.220 e. The summed E-state index contributed by atoms with van der Waals surface area (Å²) in [6, 6.07) is 12.0. The molecule has 5 heteroatoms. The number of rotatable bonds is 6. The number of aryl methyl sites for hydroxylation is 2. The lowest BCUT2D eigenvalue weighted by atomic mass is 10.1. The molecular weight excluding hydrogens is 318 g/mol. The molecule has 0 aliphatic rings. The number of thiazole rings is 1. The Morgan fingerprint density at radius 3 is 2.96 bits per heavy atom. The molecule has 122 valence electrons. The van der Waals surface area contributed by atoms with Crippen molar-refractivity contribution >= 4 is 17.2 Å². The van der Waals surface area contributed by atoms with Crippen LogP contribution >= 0.6 is 11.3 Å². The Bertz CT molecular complexity index is 814. The molecule has 1 N–H and O–H groups in total. The third-order valence-electron chi connectivity index (χ3n) is 3.64. The van der Waals surface area contributed by atoms with Crippen molar-refractivity contribution in [1.82, 2.24) is 15.3 Å². The van der Waals surface area contributed by atoms with Crippen molar-refractivity contribution in [2.45, 2.75) is 26.3 Å². The number of benzene rings is 1. The highest BCUT2D eigenvalue weighted by Gasteiger charge is 2.07. The highest BCUT2D eigenvalue weighted by atomic mass is 32.1. The number of aromatic nitrogens is 2. The van der Waals surface area contributed by atoms with Gasteiger partial charge in [0.1, 0.15) is 5.01 Å². The molecule has 2 aromatic heterocycles. The van der Waals surface area contributed by atoms with E-state index in [-0.39, 0.29) is 5.91 Å². The molecule has 0 aliphatic heterocycles. The number of carbonyl (C=O) groups excluding carboxylic acids is 1. The van der Waals surface area contributed by atoms with Gasteiger partial charge in [-0.2, -0.15) is 0 Å². The second-order valence-electron chi connectivity index (χ2n) is 5.65. The first-order valence-electron chi connectivity index (χ1n) is 7.88. The van der Waals surface area contributed by atoms with E-state index in [1.165, 1.54) is 5.56 Å². The normalized spacial score (nSPS) is 10.5. The van der Waals surface area contributed by atoms with Crippen molar-refractivity contribution in [3.05, 3.63) is 71.0 Å². The molecule has 2 heterocycles. The van der Waals surface area contributed by atoms with Crippen LogP contribution in [-0.2, 0) is 17.8 Å². The van der Waals surface area contributed by atoms with Gasteiger partial charge in [-0.1, -0.05) is 29.8 Å². The Morgan fingerprint density at radius 1 is 1.25 bits per heavy atom. The van der Waals surface area contributed by atoms with Gasteiger partial charge in [0, 0.05) is 36.3 Å². The van der Waals surface area contributed by atoms with Crippen molar-refractivity contribution < 1.29 is 4.79 Å². The van der Waals surface area contributed by atoms with Crippen LogP contribution in [0.1, 0.15) is 23.2 Å². The molecule has 0 bridgehead atoms. The molecular formula is C19H19N3OS. The SMILES string of the molecule is Cc1cccc(CNC(=O)CCc2csc(-c3cccnc3)n2)c1. The van der Waals surface area contributed by atoms with Gasteiger partial charge in [-0.15, -0.1) is 11.3 Å². The zero-order valence-electron chi connectivity index (χ0n) is 13.5. The van der Waals surface area contributed by atoms with Crippen molar-refractivity contribution in [2.75, 3.05) is 0 Å². The average molecular weight is 337 g/mol. The van der Waals surface area contributed by atoms with Gasteiger partial charge in [-0.3, -0.25) is 9.78 Å². The van der Waals surface area contributed by atoms with E-state index in [1.54, 1.807) is 23.7 Å². The molecule has 0 aliphatic carbocycles. The Morgan fingerprint density at radius 2 is 2.17 bits per heavy atom. The van der Waals surface area contributed by atoms with Crippen LogP contribution in [0.15, 0.2) is 54.2 Å². The summed E-state index contributed by atoms with van der Waals surface area (Å²) in [4.78, 5) is 20.7. The van der Waals surface area contributed by atoms with Gasteiger partial charge >= 0.3 is 0 Å². The van der Waals surface area contributed by atoms with E-state index in [4.69, 9.17) is 0 Å². The van der Waals surface area contributed by atoms with Crippen LogP contribution in [0.5, 0.6) is 0 Å². The van der Waals surface area contributed by atoms with E-state index >= 15 is 0 Å². The maximum atomic E-state index is 12.0. The summed E-state index contributed by atoms with van der Waals surface area (Å²) in [6.45, 7) is 2.62. The molecule has 3 rings (SSSR count). The highest BCUT2D eigenvalue weighted by molar-refractivity contribution is 7.13. The molecule has 24 heavy (non-hydrogen) atoms. The van der Waals surface area contributed by atoms with Crippen LogP contribution in [0, 0.1) is 6.92 Å². The van der Waals surface area contributed by atoms with Crippen LogP contribution < -0.4 is 5.32 Å². The fourth-order valence-corrected chi connectivity index (χ4v) is 3.24. The monoisotopic (exact) mass is 337 g/mol. The van der Waals surface area contributed by atoms with Gasteiger partial charge in [-0.25, -0.2) is 4.98 Å². The average Bonchev–Trinajstić information content (AvgIpc) is 3.08.